The molecule has 26 heavy (non-hydrogen) atoms. The number of fused-ring (bicyclic) bond motifs is 1. The first-order valence-corrected chi connectivity index (χ1v) is 13.8. The number of carbonyl (C=O) groups is 2. The molecule has 0 N–H and O–H groups in total. The molecule has 3 fully saturated rings. The molecule has 0 amide bonds. The van der Waals surface area contributed by atoms with E-state index in [4.69, 9.17) is 9.16 Å². The highest BCUT2D eigenvalue weighted by atomic mass is 28.4. The summed E-state index contributed by atoms with van der Waals surface area (Å²) < 4.78 is 11.9. The van der Waals surface area contributed by atoms with E-state index in [2.05, 4.69) is 33.5 Å². The van der Waals surface area contributed by atoms with Gasteiger partial charge in [-0.1, -0.05) is 13.8 Å². The smallest absolute Gasteiger partial charge is 0.337 e. The first-order chi connectivity index (χ1) is 11.9. The van der Waals surface area contributed by atoms with Crippen molar-refractivity contribution in [2.75, 3.05) is 0 Å². The van der Waals surface area contributed by atoms with Crippen molar-refractivity contribution in [2.24, 2.45) is 23.2 Å². The molecular weight excluding hydrogens is 344 g/mol. The third-order valence-corrected chi connectivity index (χ3v) is 8.18. The van der Waals surface area contributed by atoms with Crippen LogP contribution in [0, 0.1) is 23.2 Å². The van der Waals surface area contributed by atoms with Gasteiger partial charge in [0.1, 0.15) is 11.9 Å². The number of rotatable bonds is 5. The lowest BCUT2D eigenvalue weighted by molar-refractivity contribution is -0.152. The monoisotopic (exact) mass is 380 g/mol. The number of hydrogen-bond donors (Lipinski definition) is 0. The fourth-order valence-corrected chi connectivity index (χ4v) is 7.73. The molecule has 6 atom stereocenters. The third-order valence-electron chi connectivity index (χ3n) is 7.11. The molecule has 5 heteroatoms. The summed E-state index contributed by atoms with van der Waals surface area (Å²) >= 11 is 0. The van der Waals surface area contributed by atoms with E-state index in [-0.39, 0.29) is 23.4 Å². The maximum atomic E-state index is 12.5. The Morgan fingerprint density at radius 1 is 1.23 bits per heavy atom. The molecule has 1 saturated heterocycles. The number of Topliss-reactive ketones (excluding diaryl/α,β-unsaturated/α-hetero) is 1. The van der Waals surface area contributed by atoms with Crippen LogP contribution >= 0.6 is 0 Å². The quantitative estimate of drug-likeness (QED) is 0.511. The molecule has 0 radical (unpaired) electrons. The van der Waals surface area contributed by atoms with Gasteiger partial charge < -0.3 is 9.16 Å². The standard InChI is InChI=1S/C21H36O4Si/c1-14(16-9-10-17-18(22)8-7-11-20(16,17)2)12-15-13-21(3,19(23)24-15)25-26(4,5)6/h14-17H,7-13H2,1-6H3/t14?,15-,16-,17+,20-,21+/m1/s1. The Balaban J connectivity index is 1.65. The van der Waals surface area contributed by atoms with Crippen LogP contribution in [0.4, 0.5) is 0 Å². The van der Waals surface area contributed by atoms with Gasteiger partial charge in [-0.05, 0) is 75.9 Å². The van der Waals surface area contributed by atoms with E-state index in [0.717, 1.165) is 32.1 Å². The maximum Gasteiger partial charge on any atom is 0.337 e. The highest BCUT2D eigenvalue weighted by Crippen LogP contribution is 2.57. The zero-order chi connectivity index (χ0) is 19.3. The Kier molecular flexibility index (Phi) is 5.19. The lowest BCUT2D eigenvalue weighted by Crippen LogP contribution is -2.43. The van der Waals surface area contributed by atoms with Gasteiger partial charge in [0, 0.05) is 18.8 Å². The van der Waals surface area contributed by atoms with Gasteiger partial charge in [0.15, 0.2) is 13.9 Å². The predicted molar refractivity (Wildman–Crippen MR) is 104 cm³/mol. The highest BCUT2D eigenvalue weighted by molar-refractivity contribution is 6.70. The van der Waals surface area contributed by atoms with Crippen LogP contribution in [0.1, 0.15) is 65.7 Å². The Bertz CT molecular complexity index is 583. The van der Waals surface area contributed by atoms with E-state index in [1.165, 1.54) is 6.42 Å². The number of hydrogen-bond acceptors (Lipinski definition) is 4. The van der Waals surface area contributed by atoms with Crippen molar-refractivity contribution in [3.8, 4) is 0 Å². The van der Waals surface area contributed by atoms with Crippen LogP contribution in [0.15, 0.2) is 0 Å². The SMILES string of the molecule is CC(C[C@@H]1C[C@](C)(O[Si](C)(C)C)C(=O)O1)[C@H]1CC[C@H]2C(=O)CCC[C@]12C. The fourth-order valence-electron chi connectivity index (χ4n) is 6.21. The second-order valence-corrected chi connectivity index (χ2v) is 14.9. The molecule has 1 aliphatic heterocycles. The van der Waals surface area contributed by atoms with Crippen molar-refractivity contribution in [3.05, 3.63) is 0 Å². The van der Waals surface area contributed by atoms with Crippen LogP contribution in [-0.4, -0.2) is 31.8 Å². The number of ether oxygens (including phenoxy) is 1. The van der Waals surface area contributed by atoms with E-state index in [9.17, 15) is 9.59 Å². The van der Waals surface area contributed by atoms with Crippen molar-refractivity contribution >= 4 is 20.1 Å². The lowest BCUT2D eigenvalue weighted by Gasteiger charge is -2.42. The minimum absolute atomic E-state index is 0.0548. The summed E-state index contributed by atoms with van der Waals surface area (Å²) in [6.45, 7) is 12.9. The summed E-state index contributed by atoms with van der Waals surface area (Å²) in [4.78, 5) is 24.8. The van der Waals surface area contributed by atoms with Crippen LogP contribution in [-0.2, 0) is 18.8 Å². The van der Waals surface area contributed by atoms with Crippen LogP contribution < -0.4 is 0 Å². The number of carbonyl (C=O) groups excluding carboxylic acids is 2. The fraction of sp³-hybridized carbons (Fsp3) is 0.905. The summed E-state index contributed by atoms with van der Waals surface area (Å²) in [6.07, 6.45) is 6.65. The van der Waals surface area contributed by atoms with E-state index >= 15 is 0 Å². The van der Waals surface area contributed by atoms with Crippen LogP contribution in [0.3, 0.4) is 0 Å². The number of ketones is 1. The van der Waals surface area contributed by atoms with Crippen molar-refractivity contribution in [1.29, 1.82) is 0 Å². The summed E-state index contributed by atoms with van der Waals surface area (Å²) in [5, 5.41) is 0. The molecule has 0 bridgehead atoms. The first-order valence-electron chi connectivity index (χ1n) is 10.4. The van der Waals surface area contributed by atoms with Gasteiger partial charge in [0.05, 0.1) is 0 Å². The molecule has 1 heterocycles. The Morgan fingerprint density at radius 3 is 2.58 bits per heavy atom. The topological polar surface area (TPSA) is 52.6 Å². The Morgan fingerprint density at radius 2 is 1.92 bits per heavy atom. The molecule has 3 aliphatic rings. The molecule has 1 unspecified atom stereocenters. The minimum Gasteiger partial charge on any atom is -0.460 e. The lowest BCUT2D eigenvalue weighted by atomic mass is 9.62. The van der Waals surface area contributed by atoms with E-state index in [1.54, 1.807) is 0 Å². The molecule has 148 valence electrons. The Labute approximate surface area is 159 Å². The van der Waals surface area contributed by atoms with E-state index in [0.29, 0.717) is 24.0 Å². The van der Waals surface area contributed by atoms with Crippen LogP contribution in [0.5, 0.6) is 0 Å². The van der Waals surface area contributed by atoms with Crippen LogP contribution in [0.25, 0.3) is 0 Å². The van der Waals surface area contributed by atoms with Gasteiger partial charge >= 0.3 is 5.97 Å². The number of cyclic esters (lactones) is 1. The molecule has 4 nitrogen and oxygen atoms in total. The first kappa shape index (κ1) is 20.1. The van der Waals surface area contributed by atoms with Gasteiger partial charge in [-0.3, -0.25) is 4.79 Å². The summed E-state index contributed by atoms with van der Waals surface area (Å²) in [5.41, 5.74) is -0.632. The van der Waals surface area contributed by atoms with Gasteiger partial charge in [-0.15, -0.1) is 0 Å². The van der Waals surface area contributed by atoms with Gasteiger partial charge in [-0.2, -0.15) is 0 Å². The largest absolute Gasteiger partial charge is 0.460 e. The average Bonchev–Trinajstić information content (AvgIpc) is 2.95. The third kappa shape index (κ3) is 3.66. The van der Waals surface area contributed by atoms with E-state index < -0.39 is 13.9 Å². The van der Waals surface area contributed by atoms with E-state index in [1.807, 2.05) is 6.92 Å². The maximum absolute atomic E-state index is 12.5. The second-order valence-electron chi connectivity index (χ2n) is 10.5. The predicted octanol–water partition coefficient (Wildman–Crippen LogP) is 4.72. The molecular formula is C21H36O4Si. The van der Waals surface area contributed by atoms with Crippen molar-refractivity contribution in [3.63, 3.8) is 0 Å². The molecule has 0 aromatic carbocycles. The zero-order valence-corrected chi connectivity index (χ0v) is 18.4. The molecule has 2 aliphatic carbocycles. The van der Waals surface area contributed by atoms with Crippen molar-refractivity contribution < 1.29 is 18.8 Å². The van der Waals surface area contributed by atoms with Gasteiger partial charge in [0.25, 0.3) is 0 Å². The zero-order valence-electron chi connectivity index (χ0n) is 17.4. The molecule has 0 spiro atoms. The molecule has 0 aromatic rings. The molecule has 2 saturated carbocycles. The summed E-state index contributed by atoms with van der Waals surface area (Å²) in [5.74, 6) is 1.57. The average molecular weight is 381 g/mol. The normalized spacial score (nSPS) is 41.8. The summed E-state index contributed by atoms with van der Waals surface area (Å²) in [7, 11) is -1.81. The second kappa shape index (κ2) is 6.73. The molecule has 0 aromatic heterocycles. The summed E-state index contributed by atoms with van der Waals surface area (Å²) in [6, 6.07) is 0. The number of esters is 1. The van der Waals surface area contributed by atoms with Crippen molar-refractivity contribution in [2.45, 2.75) is 97.1 Å². The highest BCUT2D eigenvalue weighted by Gasteiger charge is 2.54. The van der Waals surface area contributed by atoms with Crippen molar-refractivity contribution in [1.82, 2.24) is 0 Å². The van der Waals surface area contributed by atoms with Gasteiger partial charge in [-0.25, -0.2) is 4.79 Å². The minimum atomic E-state index is -1.81. The van der Waals surface area contributed by atoms with Gasteiger partial charge in [0.2, 0.25) is 0 Å². The Hall–Kier alpha value is -0.683. The molecule has 3 rings (SSSR count). The van der Waals surface area contributed by atoms with Crippen LogP contribution in [0.2, 0.25) is 19.6 Å².